The molecule has 4 rings (SSSR count). The number of hydrogen-bond donors (Lipinski definition) is 0. The van der Waals surface area contributed by atoms with E-state index < -0.39 is 5.79 Å². The quantitative estimate of drug-likeness (QED) is 0.666. The average Bonchev–Trinajstić information content (AvgIpc) is 2.89. The van der Waals surface area contributed by atoms with Gasteiger partial charge >= 0.3 is 0 Å². The lowest BCUT2D eigenvalue weighted by Crippen LogP contribution is -2.47. The number of anilines is 1. The zero-order valence-electron chi connectivity index (χ0n) is 15.2. The summed E-state index contributed by atoms with van der Waals surface area (Å²) in [6.45, 7) is 4.16. The number of ether oxygens (including phenoxy) is 3. The standard InChI is InChI=1S/C21H22BrNO4/c1-15-4-7-17(8-5-15)25-11-2-10-23-19-9-6-16(22)14-18(19)21(20(23)24)26-12-3-13-27-21/h4-9,14H,2-3,10-13H2,1H3. The lowest BCUT2D eigenvalue weighted by atomic mass is 10.1. The van der Waals surface area contributed by atoms with E-state index in [1.54, 1.807) is 4.90 Å². The van der Waals surface area contributed by atoms with E-state index in [4.69, 9.17) is 14.2 Å². The first kappa shape index (κ1) is 18.5. The van der Waals surface area contributed by atoms with Crippen molar-refractivity contribution < 1.29 is 19.0 Å². The first-order valence-electron chi connectivity index (χ1n) is 9.19. The molecule has 2 aromatic rings. The van der Waals surface area contributed by atoms with Crippen LogP contribution in [0.4, 0.5) is 5.69 Å². The molecule has 0 aromatic heterocycles. The monoisotopic (exact) mass is 431 g/mol. The van der Waals surface area contributed by atoms with E-state index in [9.17, 15) is 4.79 Å². The molecule has 1 fully saturated rings. The number of nitrogens with zero attached hydrogens (tertiary/aromatic N) is 1. The van der Waals surface area contributed by atoms with Crippen LogP contribution in [0.25, 0.3) is 0 Å². The van der Waals surface area contributed by atoms with Crippen LogP contribution in [0.3, 0.4) is 0 Å². The molecule has 6 heteroatoms. The van der Waals surface area contributed by atoms with Crippen LogP contribution in [0.15, 0.2) is 46.9 Å². The number of halogens is 1. The predicted octanol–water partition coefficient (Wildman–Crippen LogP) is 4.16. The highest BCUT2D eigenvalue weighted by molar-refractivity contribution is 9.10. The molecule has 2 aliphatic heterocycles. The van der Waals surface area contributed by atoms with Crippen LogP contribution in [0.5, 0.6) is 5.75 Å². The molecule has 0 saturated carbocycles. The third-order valence-corrected chi connectivity index (χ3v) is 5.34. The zero-order chi connectivity index (χ0) is 18.9. The van der Waals surface area contributed by atoms with Crippen LogP contribution in [0, 0.1) is 6.92 Å². The molecule has 2 aliphatic rings. The van der Waals surface area contributed by atoms with E-state index in [-0.39, 0.29) is 5.91 Å². The minimum atomic E-state index is -1.30. The number of benzene rings is 2. The second-order valence-electron chi connectivity index (χ2n) is 6.80. The molecule has 0 bridgehead atoms. The fraction of sp³-hybridized carbons (Fsp3) is 0.381. The summed E-state index contributed by atoms with van der Waals surface area (Å²) in [7, 11) is 0. The first-order valence-corrected chi connectivity index (χ1v) is 9.99. The van der Waals surface area contributed by atoms with Gasteiger partial charge < -0.3 is 19.1 Å². The van der Waals surface area contributed by atoms with Crippen molar-refractivity contribution in [1.82, 2.24) is 0 Å². The molecule has 1 spiro atoms. The van der Waals surface area contributed by atoms with Crippen LogP contribution < -0.4 is 9.64 Å². The Kier molecular flexibility index (Phi) is 5.21. The summed E-state index contributed by atoms with van der Waals surface area (Å²) >= 11 is 3.49. The van der Waals surface area contributed by atoms with Gasteiger partial charge in [-0.05, 0) is 50.1 Å². The lowest BCUT2D eigenvalue weighted by Gasteiger charge is -2.32. The maximum atomic E-state index is 13.2. The zero-order valence-corrected chi connectivity index (χ0v) is 16.8. The minimum Gasteiger partial charge on any atom is -0.494 e. The SMILES string of the molecule is Cc1ccc(OCCCN2C(=O)C3(OCCCO3)c3cc(Br)ccc32)cc1. The smallest absolute Gasteiger partial charge is 0.292 e. The molecule has 2 aromatic carbocycles. The number of carbonyl (C=O) groups is 1. The van der Waals surface area contributed by atoms with Crippen LogP contribution >= 0.6 is 15.9 Å². The van der Waals surface area contributed by atoms with Gasteiger partial charge in [0.25, 0.3) is 11.7 Å². The Morgan fingerprint density at radius 3 is 2.63 bits per heavy atom. The number of aryl methyl sites for hydroxylation is 1. The van der Waals surface area contributed by atoms with E-state index in [1.165, 1.54) is 5.56 Å². The summed E-state index contributed by atoms with van der Waals surface area (Å²) in [6.07, 6.45) is 1.51. The summed E-state index contributed by atoms with van der Waals surface area (Å²) in [4.78, 5) is 14.9. The van der Waals surface area contributed by atoms with Gasteiger partial charge in [-0.2, -0.15) is 0 Å². The molecule has 0 atom stereocenters. The highest BCUT2D eigenvalue weighted by Crippen LogP contribution is 2.46. The number of amides is 1. The van der Waals surface area contributed by atoms with E-state index in [1.807, 2.05) is 49.4 Å². The third kappa shape index (κ3) is 3.49. The van der Waals surface area contributed by atoms with Crippen molar-refractivity contribution in [3.63, 3.8) is 0 Å². The van der Waals surface area contributed by atoms with E-state index in [0.717, 1.165) is 27.9 Å². The van der Waals surface area contributed by atoms with Gasteiger partial charge in [0.2, 0.25) is 0 Å². The first-order chi connectivity index (χ1) is 13.1. The van der Waals surface area contributed by atoms with Gasteiger partial charge in [-0.1, -0.05) is 33.6 Å². The molecule has 27 heavy (non-hydrogen) atoms. The third-order valence-electron chi connectivity index (χ3n) is 4.85. The molecule has 1 saturated heterocycles. The van der Waals surface area contributed by atoms with Crippen molar-refractivity contribution in [3.8, 4) is 5.75 Å². The molecule has 0 unspecified atom stereocenters. The number of rotatable bonds is 5. The molecule has 2 heterocycles. The highest BCUT2D eigenvalue weighted by atomic mass is 79.9. The van der Waals surface area contributed by atoms with Gasteiger partial charge in [0.1, 0.15) is 5.75 Å². The maximum Gasteiger partial charge on any atom is 0.292 e. The molecular weight excluding hydrogens is 410 g/mol. The molecule has 0 radical (unpaired) electrons. The molecule has 0 aliphatic carbocycles. The van der Waals surface area contributed by atoms with Gasteiger partial charge in [-0.15, -0.1) is 0 Å². The van der Waals surface area contributed by atoms with Gasteiger partial charge in [0.15, 0.2) is 0 Å². The summed E-state index contributed by atoms with van der Waals surface area (Å²) in [6, 6.07) is 13.8. The molecule has 1 amide bonds. The Balaban J connectivity index is 1.46. The Hall–Kier alpha value is -1.89. The second-order valence-corrected chi connectivity index (χ2v) is 7.72. The average molecular weight is 432 g/mol. The Morgan fingerprint density at radius 1 is 1.15 bits per heavy atom. The topological polar surface area (TPSA) is 48.0 Å². The van der Waals surface area contributed by atoms with Gasteiger partial charge in [0, 0.05) is 16.6 Å². The highest BCUT2D eigenvalue weighted by Gasteiger charge is 2.54. The number of fused-ring (bicyclic) bond motifs is 2. The van der Waals surface area contributed by atoms with E-state index >= 15 is 0 Å². The normalized spacial score (nSPS) is 18.0. The molecule has 142 valence electrons. The summed E-state index contributed by atoms with van der Waals surface area (Å²) < 4.78 is 18.4. The summed E-state index contributed by atoms with van der Waals surface area (Å²) in [5.41, 5.74) is 2.83. The van der Waals surface area contributed by atoms with Gasteiger partial charge in [-0.25, -0.2) is 0 Å². The number of hydrogen-bond acceptors (Lipinski definition) is 4. The van der Waals surface area contributed by atoms with E-state index in [0.29, 0.717) is 32.8 Å². The van der Waals surface area contributed by atoms with E-state index in [2.05, 4.69) is 15.9 Å². The predicted molar refractivity (Wildman–Crippen MR) is 106 cm³/mol. The Morgan fingerprint density at radius 2 is 1.89 bits per heavy atom. The van der Waals surface area contributed by atoms with Crippen molar-refractivity contribution in [2.75, 3.05) is 31.3 Å². The lowest BCUT2D eigenvalue weighted by molar-refractivity contribution is -0.256. The van der Waals surface area contributed by atoms with Crippen LogP contribution in [0.2, 0.25) is 0 Å². The Bertz CT molecular complexity index is 831. The van der Waals surface area contributed by atoms with Crippen molar-refractivity contribution in [3.05, 3.63) is 58.1 Å². The van der Waals surface area contributed by atoms with Crippen molar-refractivity contribution in [2.45, 2.75) is 25.6 Å². The van der Waals surface area contributed by atoms with Gasteiger partial charge in [0.05, 0.1) is 25.5 Å². The molecule has 5 nitrogen and oxygen atoms in total. The number of carbonyl (C=O) groups excluding carboxylic acids is 1. The van der Waals surface area contributed by atoms with Crippen LogP contribution in [-0.4, -0.2) is 32.3 Å². The molecule has 0 N–H and O–H groups in total. The fourth-order valence-corrected chi connectivity index (χ4v) is 3.85. The van der Waals surface area contributed by atoms with Crippen LogP contribution in [0.1, 0.15) is 24.0 Å². The minimum absolute atomic E-state index is 0.148. The largest absolute Gasteiger partial charge is 0.494 e. The Labute approximate surface area is 167 Å². The van der Waals surface area contributed by atoms with Crippen LogP contribution in [-0.2, 0) is 20.1 Å². The maximum absolute atomic E-state index is 13.2. The second kappa shape index (κ2) is 7.62. The van der Waals surface area contributed by atoms with Gasteiger partial charge in [-0.3, -0.25) is 4.79 Å². The molecular formula is C21H22BrNO4. The summed E-state index contributed by atoms with van der Waals surface area (Å²) in [5.74, 6) is -0.603. The van der Waals surface area contributed by atoms with Crippen molar-refractivity contribution in [1.29, 1.82) is 0 Å². The fourth-order valence-electron chi connectivity index (χ4n) is 3.49. The van der Waals surface area contributed by atoms with Crippen molar-refractivity contribution >= 4 is 27.5 Å². The summed E-state index contributed by atoms with van der Waals surface area (Å²) in [5, 5.41) is 0. The van der Waals surface area contributed by atoms with Crippen molar-refractivity contribution in [2.24, 2.45) is 0 Å².